The highest BCUT2D eigenvalue weighted by Gasteiger charge is 2.60. The van der Waals surface area contributed by atoms with Gasteiger partial charge in [-0.3, -0.25) is 0 Å². The Balaban J connectivity index is 2.61. The zero-order valence-corrected chi connectivity index (χ0v) is 8.59. The fourth-order valence-electron chi connectivity index (χ4n) is 2.78. The quantitative estimate of drug-likeness (QED) is 0.435. The SMILES string of the molecule is CCC[N+]1(C(C)C)C(C)C1C. The predicted octanol–water partition coefficient (Wildman–Crippen LogP) is 2.41. The average Bonchev–Trinajstić information content (AvgIpc) is 2.43. The van der Waals surface area contributed by atoms with E-state index in [0.717, 1.165) is 18.1 Å². The van der Waals surface area contributed by atoms with Gasteiger partial charge in [0.2, 0.25) is 0 Å². The summed E-state index contributed by atoms with van der Waals surface area (Å²) in [5.74, 6) is 0. The summed E-state index contributed by atoms with van der Waals surface area (Å²) >= 11 is 0. The van der Waals surface area contributed by atoms with E-state index in [4.69, 9.17) is 0 Å². The van der Waals surface area contributed by atoms with E-state index in [0.29, 0.717) is 0 Å². The Kier molecular flexibility index (Phi) is 2.29. The van der Waals surface area contributed by atoms with Gasteiger partial charge in [-0.15, -0.1) is 0 Å². The molecule has 0 aliphatic carbocycles. The molecule has 0 aromatic carbocycles. The molecule has 1 nitrogen and oxygen atoms in total. The topological polar surface area (TPSA) is 0 Å². The second-order valence-corrected chi connectivity index (χ2v) is 4.29. The molecule has 11 heavy (non-hydrogen) atoms. The Labute approximate surface area is 71.0 Å². The number of rotatable bonds is 3. The Morgan fingerprint density at radius 2 is 1.64 bits per heavy atom. The van der Waals surface area contributed by atoms with Gasteiger partial charge >= 0.3 is 0 Å². The summed E-state index contributed by atoms with van der Waals surface area (Å²) in [5, 5.41) is 0. The fourth-order valence-corrected chi connectivity index (χ4v) is 2.78. The van der Waals surface area contributed by atoms with Crippen molar-refractivity contribution in [2.24, 2.45) is 0 Å². The Hall–Kier alpha value is -0.0400. The van der Waals surface area contributed by atoms with E-state index < -0.39 is 0 Å². The van der Waals surface area contributed by atoms with E-state index >= 15 is 0 Å². The summed E-state index contributed by atoms with van der Waals surface area (Å²) in [6.07, 6.45) is 1.33. The lowest BCUT2D eigenvalue weighted by molar-refractivity contribution is -0.847. The van der Waals surface area contributed by atoms with Crippen molar-refractivity contribution in [3.8, 4) is 0 Å². The van der Waals surface area contributed by atoms with E-state index in [9.17, 15) is 0 Å². The minimum absolute atomic E-state index is 0.819. The normalized spacial score (nSPS) is 43.1. The molecule has 0 amide bonds. The van der Waals surface area contributed by atoms with Crippen LogP contribution in [0.4, 0.5) is 0 Å². The molecule has 1 saturated heterocycles. The van der Waals surface area contributed by atoms with Crippen LogP contribution in [0.3, 0.4) is 0 Å². The highest BCUT2D eigenvalue weighted by atomic mass is 15.5. The van der Waals surface area contributed by atoms with Crippen LogP contribution in [0.5, 0.6) is 0 Å². The molecule has 0 saturated carbocycles. The van der Waals surface area contributed by atoms with Crippen LogP contribution in [0.2, 0.25) is 0 Å². The second kappa shape index (κ2) is 2.78. The lowest BCUT2D eigenvalue weighted by Crippen LogP contribution is -2.37. The van der Waals surface area contributed by atoms with E-state index in [1.165, 1.54) is 17.4 Å². The van der Waals surface area contributed by atoms with Gasteiger partial charge in [-0.1, -0.05) is 6.92 Å². The van der Waals surface area contributed by atoms with Crippen molar-refractivity contribution in [3.05, 3.63) is 0 Å². The number of nitrogens with zero attached hydrogens (tertiary/aromatic N) is 1. The van der Waals surface area contributed by atoms with Crippen molar-refractivity contribution in [2.75, 3.05) is 6.54 Å². The van der Waals surface area contributed by atoms with Gasteiger partial charge < -0.3 is 4.48 Å². The van der Waals surface area contributed by atoms with Crippen molar-refractivity contribution in [1.29, 1.82) is 0 Å². The lowest BCUT2D eigenvalue weighted by Gasteiger charge is -2.25. The number of hydrogen-bond donors (Lipinski definition) is 0. The minimum atomic E-state index is 0.819. The Morgan fingerprint density at radius 3 is 1.73 bits per heavy atom. The molecule has 1 aliphatic heterocycles. The smallest absolute Gasteiger partial charge is 0.139 e. The van der Waals surface area contributed by atoms with Crippen LogP contribution in [0.15, 0.2) is 0 Å². The molecule has 0 aromatic heterocycles. The predicted molar refractivity (Wildman–Crippen MR) is 49.5 cm³/mol. The highest BCUT2D eigenvalue weighted by Crippen LogP contribution is 2.42. The molecule has 0 aromatic rings. The highest BCUT2D eigenvalue weighted by molar-refractivity contribution is 4.82. The monoisotopic (exact) mass is 156 g/mol. The van der Waals surface area contributed by atoms with Gasteiger partial charge in [0, 0.05) is 0 Å². The summed E-state index contributed by atoms with van der Waals surface area (Å²) in [6.45, 7) is 13.2. The summed E-state index contributed by atoms with van der Waals surface area (Å²) in [5.41, 5.74) is 0. The molecule has 66 valence electrons. The van der Waals surface area contributed by atoms with Crippen LogP contribution in [0, 0.1) is 0 Å². The van der Waals surface area contributed by atoms with Crippen molar-refractivity contribution >= 4 is 0 Å². The minimum Gasteiger partial charge on any atom is -0.307 e. The summed E-state index contributed by atoms with van der Waals surface area (Å²) in [7, 11) is 0. The second-order valence-electron chi connectivity index (χ2n) is 4.29. The Bertz CT molecular complexity index is 122. The molecule has 1 aliphatic rings. The molecule has 1 heterocycles. The first-order valence-electron chi connectivity index (χ1n) is 4.94. The van der Waals surface area contributed by atoms with Gasteiger partial charge in [0.1, 0.15) is 12.1 Å². The molecule has 1 heteroatoms. The molecule has 2 atom stereocenters. The number of quaternary nitrogens is 1. The first-order valence-corrected chi connectivity index (χ1v) is 4.94. The molecule has 0 bridgehead atoms. The van der Waals surface area contributed by atoms with Gasteiger partial charge in [0.25, 0.3) is 0 Å². The van der Waals surface area contributed by atoms with Gasteiger partial charge in [-0.2, -0.15) is 0 Å². The molecule has 0 spiro atoms. The third-order valence-corrected chi connectivity index (χ3v) is 3.70. The fraction of sp³-hybridized carbons (Fsp3) is 1.00. The van der Waals surface area contributed by atoms with E-state index in [1.807, 2.05) is 0 Å². The largest absolute Gasteiger partial charge is 0.307 e. The van der Waals surface area contributed by atoms with Crippen molar-refractivity contribution in [1.82, 2.24) is 0 Å². The van der Waals surface area contributed by atoms with Gasteiger partial charge in [0.05, 0.1) is 12.6 Å². The van der Waals surface area contributed by atoms with Crippen LogP contribution in [-0.4, -0.2) is 29.2 Å². The van der Waals surface area contributed by atoms with Crippen LogP contribution < -0.4 is 0 Å². The molecule has 0 radical (unpaired) electrons. The molecule has 0 N–H and O–H groups in total. The van der Waals surface area contributed by atoms with Crippen molar-refractivity contribution in [2.45, 2.75) is 59.2 Å². The van der Waals surface area contributed by atoms with E-state index in [2.05, 4.69) is 34.6 Å². The Morgan fingerprint density at radius 1 is 1.18 bits per heavy atom. The maximum Gasteiger partial charge on any atom is 0.139 e. The van der Waals surface area contributed by atoms with Gasteiger partial charge in [-0.05, 0) is 34.1 Å². The summed E-state index contributed by atoms with van der Waals surface area (Å²) in [4.78, 5) is 0. The lowest BCUT2D eigenvalue weighted by atomic mass is 10.3. The van der Waals surface area contributed by atoms with Gasteiger partial charge in [-0.25, -0.2) is 0 Å². The zero-order chi connectivity index (χ0) is 8.65. The molecule has 1 fully saturated rings. The standard InChI is InChI=1S/C10H22N/c1-6-7-11(8(2)3)9(4)10(11)5/h8-10H,6-7H2,1-5H3/q+1. The molecular weight excluding hydrogens is 134 g/mol. The maximum absolute atomic E-state index is 2.39. The van der Waals surface area contributed by atoms with E-state index in [1.54, 1.807) is 0 Å². The van der Waals surface area contributed by atoms with Crippen molar-refractivity contribution < 1.29 is 4.48 Å². The molecule has 1 rings (SSSR count). The van der Waals surface area contributed by atoms with Crippen LogP contribution in [-0.2, 0) is 0 Å². The zero-order valence-electron chi connectivity index (χ0n) is 8.59. The third kappa shape index (κ3) is 1.10. The van der Waals surface area contributed by atoms with Crippen molar-refractivity contribution in [3.63, 3.8) is 0 Å². The molecule has 2 unspecified atom stereocenters. The van der Waals surface area contributed by atoms with Crippen LogP contribution >= 0.6 is 0 Å². The first-order chi connectivity index (χ1) is 5.07. The molecular formula is C10H22N+. The average molecular weight is 156 g/mol. The van der Waals surface area contributed by atoms with Gasteiger partial charge in [0.15, 0.2) is 0 Å². The summed E-state index contributed by atoms with van der Waals surface area (Å²) < 4.78 is 1.37. The van der Waals surface area contributed by atoms with Crippen LogP contribution in [0.25, 0.3) is 0 Å². The van der Waals surface area contributed by atoms with E-state index in [-0.39, 0.29) is 0 Å². The number of hydrogen-bond acceptors (Lipinski definition) is 0. The van der Waals surface area contributed by atoms with Crippen LogP contribution in [0.1, 0.15) is 41.0 Å². The maximum atomic E-state index is 2.39. The first kappa shape index (κ1) is 9.05. The third-order valence-electron chi connectivity index (χ3n) is 3.70. The summed E-state index contributed by atoms with van der Waals surface area (Å²) in [6, 6.07) is 2.64.